The lowest BCUT2D eigenvalue weighted by Crippen LogP contribution is -2.28. The molecule has 0 bridgehead atoms. The van der Waals surface area contributed by atoms with E-state index in [-0.39, 0.29) is 5.56 Å². The molecule has 0 aliphatic rings. The summed E-state index contributed by atoms with van der Waals surface area (Å²) in [6.45, 7) is 2.26. The topological polar surface area (TPSA) is 139 Å². The van der Waals surface area contributed by atoms with Crippen molar-refractivity contribution in [3.63, 3.8) is 0 Å². The molecule has 0 saturated heterocycles. The van der Waals surface area contributed by atoms with Crippen LogP contribution in [0, 0.1) is 0 Å². The molecule has 1 atom stereocenters. The molecule has 0 unspecified atom stereocenters. The first-order chi connectivity index (χ1) is 15.5. The van der Waals surface area contributed by atoms with Crippen LogP contribution in [0.3, 0.4) is 0 Å². The zero-order valence-electron chi connectivity index (χ0n) is 17.3. The van der Waals surface area contributed by atoms with Gasteiger partial charge in [0.05, 0.1) is 18.5 Å². The summed E-state index contributed by atoms with van der Waals surface area (Å²) in [5.41, 5.74) is 2.47. The highest BCUT2D eigenvalue weighted by atomic mass is 16.7. The van der Waals surface area contributed by atoms with Gasteiger partial charge in [0.25, 0.3) is 11.8 Å². The molecular formula is C22H20N4O6. The summed E-state index contributed by atoms with van der Waals surface area (Å²) >= 11 is 0. The van der Waals surface area contributed by atoms with Crippen LogP contribution in [-0.4, -0.2) is 51.0 Å². The van der Waals surface area contributed by atoms with Gasteiger partial charge < -0.3 is 29.3 Å². The van der Waals surface area contributed by atoms with Crippen LogP contribution in [0.2, 0.25) is 0 Å². The van der Waals surface area contributed by atoms with E-state index in [9.17, 15) is 9.59 Å². The number of ether oxygens (including phenoxy) is 3. The Balaban J connectivity index is 1.72. The predicted octanol–water partition coefficient (Wildman–Crippen LogP) is 2.81. The number of hydrogen-bond donors (Lipinski definition) is 3. The van der Waals surface area contributed by atoms with Gasteiger partial charge >= 0.3 is 5.97 Å². The minimum atomic E-state index is -1.41. The number of carboxylic acid groups (broad SMARTS) is 1. The second kappa shape index (κ2) is 8.90. The van der Waals surface area contributed by atoms with Crippen molar-refractivity contribution in [3.05, 3.63) is 59.1 Å². The lowest BCUT2D eigenvalue weighted by atomic mass is 10.0. The van der Waals surface area contributed by atoms with Gasteiger partial charge in [0.1, 0.15) is 17.3 Å². The Kier molecular flexibility index (Phi) is 5.86. The maximum Gasteiger partial charge on any atom is 0.373 e. The maximum absolute atomic E-state index is 12.3. The largest absolute Gasteiger partial charge is 0.493 e. The molecular weight excluding hydrogens is 416 g/mol. The van der Waals surface area contributed by atoms with Gasteiger partial charge in [0.15, 0.2) is 11.2 Å². The van der Waals surface area contributed by atoms with Crippen LogP contribution in [0.1, 0.15) is 6.92 Å². The van der Waals surface area contributed by atoms with Gasteiger partial charge in [0, 0.05) is 7.11 Å². The number of nitrogens with zero attached hydrogens (tertiary/aromatic N) is 2. The molecule has 0 aliphatic heterocycles. The molecule has 0 radical (unpaired) electrons. The highest BCUT2D eigenvalue weighted by Crippen LogP contribution is 2.34. The Bertz CT molecular complexity index is 1330. The standard InChI is InChI=1S/C22H20N4O6/c1-3-31-16-10-13(12-5-4-6-14(9-12)32-22(30-2)21(28)29)7-8-15(16)18-25-19-17(20(27)26-18)23-11-24-19/h4-11,22H,3H2,1-2H3,(H,28,29)(H2,23,24,25,26,27)/t22-/m1/s1. The van der Waals surface area contributed by atoms with Crippen LogP contribution in [0.5, 0.6) is 11.5 Å². The fourth-order valence-corrected chi connectivity index (χ4v) is 3.21. The molecule has 2 heterocycles. The zero-order chi connectivity index (χ0) is 22.7. The fraction of sp³-hybridized carbons (Fsp3) is 0.182. The third-order valence-electron chi connectivity index (χ3n) is 4.66. The Hall–Kier alpha value is -4.18. The van der Waals surface area contributed by atoms with Crippen LogP contribution in [0.4, 0.5) is 0 Å². The summed E-state index contributed by atoms with van der Waals surface area (Å²) in [5, 5.41) is 9.12. The molecule has 32 heavy (non-hydrogen) atoms. The van der Waals surface area contributed by atoms with Gasteiger partial charge in [-0.15, -0.1) is 0 Å². The molecule has 0 fully saturated rings. The second-order valence-corrected chi connectivity index (χ2v) is 6.71. The quantitative estimate of drug-likeness (QED) is 0.358. The molecule has 3 N–H and O–H groups in total. The molecule has 2 aromatic heterocycles. The van der Waals surface area contributed by atoms with Crippen LogP contribution >= 0.6 is 0 Å². The average Bonchev–Trinajstić information content (AvgIpc) is 3.27. The van der Waals surface area contributed by atoms with Crippen molar-refractivity contribution < 1.29 is 24.1 Å². The number of benzene rings is 2. The van der Waals surface area contributed by atoms with Crippen LogP contribution in [-0.2, 0) is 9.53 Å². The number of nitrogens with one attached hydrogen (secondary N) is 2. The highest BCUT2D eigenvalue weighted by Gasteiger charge is 2.19. The van der Waals surface area contributed by atoms with E-state index in [1.54, 1.807) is 24.3 Å². The normalized spacial score (nSPS) is 11.9. The first kappa shape index (κ1) is 21.1. The van der Waals surface area contributed by atoms with Crippen LogP contribution < -0.4 is 15.0 Å². The maximum atomic E-state index is 12.3. The molecule has 0 spiro atoms. The monoisotopic (exact) mass is 436 g/mol. The van der Waals surface area contributed by atoms with E-state index in [4.69, 9.17) is 19.3 Å². The second-order valence-electron chi connectivity index (χ2n) is 6.71. The third kappa shape index (κ3) is 4.16. The molecule has 4 aromatic rings. The summed E-state index contributed by atoms with van der Waals surface area (Å²) in [6, 6.07) is 12.4. The number of rotatable bonds is 8. The van der Waals surface area contributed by atoms with Crippen molar-refractivity contribution >= 4 is 17.1 Å². The van der Waals surface area contributed by atoms with Crippen molar-refractivity contribution in [2.45, 2.75) is 13.2 Å². The number of methoxy groups -OCH3 is 1. The first-order valence-corrected chi connectivity index (χ1v) is 9.73. The summed E-state index contributed by atoms with van der Waals surface area (Å²) in [7, 11) is 1.26. The van der Waals surface area contributed by atoms with Gasteiger partial charge in [0.2, 0.25) is 0 Å². The third-order valence-corrected chi connectivity index (χ3v) is 4.66. The summed E-state index contributed by atoms with van der Waals surface area (Å²) in [6.07, 6.45) is 0.00281. The van der Waals surface area contributed by atoms with Gasteiger partial charge in [-0.1, -0.05) is 18.2 Å². The van der Waals surface area contributed by atoms with Gasteiger partial charge in [-0.25, -0.2) is 14.8 Å². The van der Waals surface area contributed by atoms with E-state index in [1.807, 2.05) is 25.1 Å². The van der Waals surface area contributed by atoms with Gasteiger partial charge in [-0.05, 0) is 42.3 Å². The van der Waals surface area contributed by atoms with Crippen molar-refractivity contribution in [2.24, 2.45) is 0 Å². The van der Waals surface area contributed by atoms with Crippen molar-refractivity contribution in [3.8, 4) is 34.0 Å². The SMILES string of the molecule is CCOc1cc(-c2cccc(O[C@@H](OC)C(=O)O)c2)ccc1-c1nc2nc[nH]c2c(=O)[nH]1. The number of aliphatic carboxylic acids is 1. The Morgan fingerprint density at radius 2 is 2.00 bits per heavy atom. The van der Waals surface area contributed by atoms with Gasteiger partial charge in [-0.2, -0.15) is 0 Å². The number of carbonyl (C=O) groups is 1. The van der Waals surface area contributed by atoms with Crippen molar-refractivity contribution in [2.75, 3.05) is 13.7 Å². The number of aromatic amines is 2. The van der Waals surface area contributed by atoms with E-state index in [0.29, 0.717) is 40.7 Å². The number of imidazole rings is 1. The summed E-state index contributed by atoms with van der Waals surface area (Å²) in [5.74, 6) is -0.0224. The van der Waals surface area contributed by atoms with Crippen LogP contribution in [0.15, 0.2) is 53.6 Å². The lowest BCUT2D eigenvalue weighted by Gasteiger charge is -2.15. The molecule has 164 valence electrons. The Morgan fingerprint density at radius 1 is 1.19 bits per heavy atom. The predicted molar refractivity (Wildman–Crippen MR) is 116 cm³/mol. The number of hydrogen-bond acceptors (Lipinski definition) is 7. The van der Waals surface area contributed by atoms with E-state index in [0.717, 1.165) is 11.1 Å². The summed E-state index contributed by atoms with van der Waals surface area (Å²) < 4.78 is 16.0. The Morgan fingerprint density at radius 3 is 2.75 bits per heavy atom. The molecule has 0 aliphatic carbocycles. The number of carboxylic acids is 1. The molecule has 0 amide bonds. The Labute approximate surface area is 181 Å². The van der Waals surface area contributed by atoms with Crippen molar-refractivity contribution in [1.29, 1.82) is 0 Å². The fourth-order valence-electron chi connectivity index (χ4n) is 3.21. The molecule has 0 saturated carbocycles. The van der Waals surface area contributed by atoms with Gasteiger partial charge in [-0.3, -0.25) is 4.79 Å². The van der Waals surface area contributed by atoms with E-state index < -0.39 is 12.3 Å². The average molecular weight is 436 g/mol. The van der Waals surface area contributed by atoms with Crippen molar-refractivity contribution in [1.82, 2.24) is 19.9 Å². The molecule has 2 aromatic carbocycles. The molecule has 10 nitrogen and oxygen atoms in total. The molecule has 10 heteroatoms. The minimum Gasteiger partial charge on any atom is -0.493 e. The lowest BCUT2D eigenvalue weighted by molar-refractivity contribution is -0.166. The number of fused-ring (bicyclic) bond motifs is 1. The smallest absolute Gasteiger partial charge is 0.373 e. The minimum absolute atomic E-state index is 0.302. The summed E-state index contributed by atoms with van der Waals surface area (Å²) in [4.78, 5) is 37.5. The van der Waals surface area contributed by atoms with Crippen LogP contribution in [0.25, 0.3) is 33.7 Å². The van der Waals surface area contributed by atoms with E-state index >= 15 is 0 Å². The first-order valence-electron chi connectivity index (χ1n) is 9.73. The zero-order valence-corrected chi connectivity index (χ0v) is 17.3. The number of H-pyrrole nitrogens is 2. The number of aromatic nitrogens is 4. The highest BCUT2D eigenvalue weighted by molar-refractivity contribution is 5.77. The van der Waals surface area contributed by atoms with E-state index in [1.165, 1.54) is 13.4 Å². The van der Waals surface area contributed by atoms with E-state index in [2.05, 4.69) is 19.9 Å². The molecule has 4 rings (SSSR count).